The summed E-state index contributed by atoms with van der Waals surface area (Å²) in [5.41, 5.74) is -1.62. The van der Waals surface area contributed by atoms with Crippen LogP contribution in [0.5, 0.6) is 0 Å². The van der Waals surface area contributed by atoms with E-state index in [9.17, 15) is 35.2 Å². The van der Waals surface area contributed by atoms with Gasteiger partial charge in [0.1, 0.15) is 11.4 Å². The van der Waals surface area contributed by atoms with E-state index >= 15 is 0 Å². The molecule has 0 spiro atoms. The van der Waals surface area contributed by atoms with Crippen LogP contribution in [0.25, 0.3) is 0 Å². The molecule has 0 radical (unpaired) electrons. The molecule has 33 heavy (non-hydrogen) atoms. The maximum atomic E-state index is 14.0. The minimum Gasteiger partial charge on any atom is -0.341 e. The predicted octanol–water partition coefficient (Wildman–Crippen LogP) is 3.76. The van der Waals surface area contributed by atoms with Crippen molar-refractivity contribution in [2.75, 3.05) is 11.0 Å². The smallest absolute Gasteiger partial charge is 0.341 e. The molecule has 0 aliphatic carbocycles. The number of nitrogens with zero attached hydrogens (tertiary/aromatic N) is 1. The normalized spacial score (nSPS) is 11.5. The summed E-state index contributed by atoms with van der Waals surface area (Å²) in [6, 6.07) is 3.59. The van der Waals surface area contributed by atoms with Crippen molar-refractivity contribution in [3.05, 3.63) is 58.4 Å². The minimum absolute atomic E-state index is 0.000896. The van der Waals surface area contributed by atoms with Crippen molar-refractivity contribution in [1.29, 1.82) is 0 Å². The molecule has 12 heteroatoms. The second kappa shape index (κ2) is 10.6. The number of sulfonamides is 1. The van der Waals surface area contributed by atoms with Crippen LogP contribution in [0.3, 0.4) is 0 Å². The van der Waals surface area contributed by atoms with Gasteiger partial charge in [-0.2, -0.15) is 13.2 Å². The lowest BCUT2D eigenvalue weighted by Gasteiger charge is -2.10. The summed E-state index contributed by atoms with van der Waals surface area (Å²) >= 11 is 0. The monoisotopic (exact) mass is 489 g/mol. The van der Waals surface area contributed by atoms with Crippen molar-refractivity contribution < 1.29 is 35.2 Å². The van der Waals surface area contributed by atoms with Crippen LogP contribution in [0, 0.1) is 23.5 Å². The molecule has 1 aromatic carbocycles. The average Bonchev–Trinajstić information content (AvgIpc) is 2.70. The highest BCUT2D eigenvalue weighted by molar-refractivity contribution is 7.92. The summed E-state index contributed by atoms with van der Waals surface area (Å²) in [5, 5.41) is 2.30. The molecule has 0 saturated heterocycles. The largest absolute Gasteiger partial charge is 0.433 e. The van der Waals surface area contributed by atoms with Gasteiger partial charge in [0, 0.05) is 18.0 Å². The summed E-state index contributed by atoms with van der Waals surface area (Å²) in [7, 11) is -3.90. The Morgan fingerprint density at radius 2 is 1.79 bits per heavy atom. The van der Waals surface area contributed by atoms with Gasteiger partial charge in [-0.05, 0) is 42.7 Å². The molecular weight excluding hydrogens is 469 g/mol. The molecule has 178 valence electrons. The van der Waals surface area contributed by atoms with E-state index in [1.54, 1.807) is 4.72 Å². The Morgan fingerprint density at radius 3 is 2.33 bits per heavy atom. The number of aryl methyl sites for hydroxylation is 1. The van der Waals surface area contributed by atoms with Gasteiger partial charge in [-0.25, -0.2) is 22.2 Å². The highest BCUT2D eigenvalue weighted by Gasteiger charge is 2.32. The van der Waals surface area contributed by atoms with Crippen LogP contribution in [0.2, 0.25) is 0 Å². The third kappa shape index (κ3) is 8.02. The zero-order chi connectivity index (χ0) is 24.8. The lowest BCUT2D eigenvalue weighted by Crippen LogP contribution is -2.21. The first-order chi connectivity index (χ1) is 15.3. The van der Waals surface area contributed by atoms with Crippen LogP contribution in [0.15, 0.2) is 24.3 Å². The Labute approximate surface area is 187 Å². The maximum Gasteiger partial charge on any atom is 0.433 e. The number of aromatic nitrogens is 1. The van der Waals surface area contributed by atoms with Gasteiger partial charge in [-0.15, -0.1) is 0 Å². The first-order valence-corrected chi connectivity index (χ1v) is 11.5. The number of amides is 1. The molecule has 0 saturated carbocycles. The van der Waals surface area contributed by atoms with Crippen molar-refractivity contribution >= 4 is 21.6 Å². The number of benzene rings is 1. The van der Waals surface area contributed by atoms with Crippen molar-refractivity contribution in [2.45, 2.75) is 38.9 Å². The number of hydrogen-bond donors (Lipinski definition) is 2. The highest BCUT2D eigenvalue weighted by atomic mass is 32.2. The number of carbonyl (C=O) groups is 1. The lowest BCUT2D eigenvalue weighted by molar-refractivity contribution is -0.141. The number of unbranched alkanes of at least 4 members (excludes halogenated alkanes) is 1. The Balaban J connectivity index is 2.14. The van der Waals surface area contributed by atoms with E-state index in [0.29, 0.717) is 6.42 Å². The zero-order valence-electron chi connectivity index (χ0n) is 17.6. The molecule has 2 N–H and O–H groups in total. The van der Waals surface area contributed by atoms with E-state index in [2.05, 4.69) is 22.1 Å². The maximum absolute atomic E-state index is 14.0. The molecule has 0 unspecified atom stereocenters. The lowest BCUT2D eigenvalue weighted by atomic mass is 10.1. The molecule has 1 aromatic heterocycles. The zero-order valence-corrected chi connectivity index (χ0v) is 18.4. The summed E-state index contributed by atoms with van der Waals surface area (Å²) in [6.45, 7) is 1.54. The van der Waals surface area contributed by atoms with E-state index in [1.807, 2.05) is 6.92 Å². The standard InChI is InChI=1S/C21H20F5N3O3S/c1-3-4-5-17-14(6-8-18(28-17)21(24,25)26)7-9-19(30)27-12-13-10-15(22)20(16(23)11-13)29-33(2,31)32/h6,8,10-11,29H,3-5,12H2,1-2H3,(H,27,30). The third-order valence-electron chi connectivity index (χ3n) is 4.18. The van der Waals surface area contributed by atoms with Crippen LogP contribution in [0.4, 0.5) is 27.6 Å². The van der Waals surface area contributed by atoms with Gasteiger partial charge >= 0.3 is 6.18 Å². The van der Waals surface area contributed by atoms with E-state index in [1.165, 1.54) is 0 Å². The molecule has 0 fully saturated rings. The topological polar surface area (TPSA) is 88.2 Å². The van der Waals surface area contributed by atoms with Crippen LogP contribution >= 0.6 is 0 Å². The van der Waals surface area contributed by atoms with Gasteiger partial charge in [0.05, 0.1) is 11.9 Å². The van der Waals surface area contributed by atoms with E-state index in [0.717, 1.165) is 36.9 Å². The number of nitrogens with one attached hydrogen (secondary N) is 2. The van der Waals surface area contributed by atoms with Gasteiger partial charge in [-0.3, -0.25) is 9.52 Å². The Hall–Kier alpha value is -3.20. The van der Waals surface area contributed by atoms with Crippen molar-refractivity contribution in [3.8, 4) is 11.8 Å². The average molecular weight is 489 g/mol. The summed E-state index contributed by atoms with van der Waals surface area (Å²) in [4.78, 5) is 15.6. The molecule has 1 heterocycles. The van der Waals surface area contributed by atoms with Gasteiger partial charge in [-0.1, -0.05) is 19.3 Å². The molecule has 0 aliphatic heterocycles. The van der Waals surface area contributed by atoms with Gasteiger partial charge in [0.2, 0.25) is 10.0 Å². The second-order valence-electron chi connectivity index (χ2n) is 7.03. The highest BCUT2D eigenvalue weighted by Crippen LogP contribution is 2.28. The summed E-state index contributed by atoms with van der Waals surface area (Å²) < 4.78 is 90.8. The number of halogens is 5. The Morgan fingerprint density at radius 1 is 1.15 bits per heavy atom. The molecular formula is C21H20F5N3O3S. The number of anilines is 1. The third-order valence-corrected chi connectivity index (χ3v) is 4.76. The molecule has 2 rings (SSSR count). The van der Waals surface area contributed by atoms with E-state index < -0.39 is 45.1 Å². The predicted molar refractivity (Wildman–Crippen MR) is 111 cm³/mol. The van der Waals surface area contributed by atoms with Crippen LogP contribution in [0.1, 0.15) is 42.3 Å². The van der Waals surface area contributed by atoms with Crippen molar-refractivity contribution in [2.24, 2.45) is 0 Å². The van der Waals surface area contributed by atoms with Crippen LogP contribution in [-0.4, -0.2) is 25.6 Å². The molecule has 6 nitrogen and oxygen atoms in total. The van der Waals surface area contributed by atoms with Crippen LogP contribution < -0.4 is 10.0 Å². The first kappa shape index (κ1) is 26.1. The molecule has 2 aromatic rings. The number of carbonyl (C=O) groups excluding carboxylic acids is 1. The number of hydrogen-bond acceptors (Lipinski definition) is 4. The molecule has 0 atom stereocenters. The van der Waals surface area contributed by atoms with Gasteiger partial charge in [0.15, 0.2) is 11.6 Å². The summed E-state index contributed by atoms with van der Waals surface area (Å²) in [5.74, 6) is 1.51. The quantitative estimate of drug-likeness (QED) is 0.458. The second-order valence-corrected chi connectivity index (χ2v) is 8.78. The summed E-state index contributed by atoms with van der Waals surface area (Å²) in [6.07, 6.45) is -2.33. The molecule has 0 bridgehead atoms. The Bertz CT molecular complexity index is 1180. The van der Waals surface area contributed by atoms with Gasteiger partial charge < -0.3 is 5.32 Å². The number of rotatable bonds is 7. The molecule has 0 aliphatic rings. The van der Waals surface area contributed by atoms with E-state index in [4.69, 9.17) is 0 Å². The fraction of sp³-hybridized carbons (Fsp3) is 0.333. The SMILES string of the molecule is CCCCc1nc(C(F)(F)F)ccc1C#CC(=O)NCc1cc(F)c(NS(C)(=O)=O)c(F)c1. The van der Waals surface area contributed by atoms with Crippen molar-refractivity contribution in [3.63, 3.8) is 0 Å². The van der Waals surface area contributed by atoms with Gasteiger partial charge in [0.25, 0.3) is 5.91 Å². The fourth-order valence-corrected chi connectivity index (χ4v) is 3.23. The first-order valence-electron chi connectivity index (χ1n) is 9.63. The van der Waals surface area contributed by atoms with Crippen LogP contribution in [-0.2, 0) is 34.0 Å². The number of pyridine rings is 1. The Kier molecular flexibility index (Phi) is 8.38. The fourth-order valence-electron chi connectivity index (χ4n) is 2.67. The number of alkyl halides is 3. The van der Waals surface area contributed by atoms with E-state index in [-0.39, 0.29) is 29.8 Å². The van der Waals surface area contributed by atoms with Crippen molar-refractivity contribution in [1.82, 2.24) is 10.3 Å². The molecule has 1 amide bonds. The minimum atomic E-state index is -4.61.